The Morgan fingerprint density at radius 1 is 1.29 bits per heavy atom. The molecular weight excluding hydrogens is 397 g/mol. The summed E-state index contributed by atoms with van der Waals surface area (Å²) in [7, 11) is 0. The molecule has 21 heavy (non-hydrogen) atoms. The first kappa shape index (κ1) is 20.6. The number of hydrogen-bond donors (Lipinski definition) is 2. The Morgan fingerprint density at radius 2 is 2.05 bits per heavy atom. The van der Waals surface area contributed by atoms with Gasteiger partial charge < -0.3 is 15.1 Å². The molecule has 0 saturated heterocycles. The van der Waals surface area contributed by atoms with Gasteiger partial charge >= 0.3 is 0 Å². The second kappa shape index (κ2) is 12.2. The lowest BCUT2D eigenvalue weighted by atomic mass is 10.2. The van der Waals surface area contributed by atoms with Crippen molar-refractivity contribution in [2.24, 2.45) is 4.99 Å². The summed E-state index contributed by atoms with van der Waals surface area (Å²) in [5.74, 6) is 4.02. The zero-order valence-corrected chi connectivity index (χ0v) is 16.6. The van der Waals surface area contributed by atoms with Crippen molar-refractivity contribution in [2.75, 3.05) is 25.1 Å². The molecule has 0 aromatic carbocycles. The molecule has 1 aromatic rings. The van der Waals surface area contributed by atoms with Crippen molar-refractivity contribution >= 4 is 41.7 Å². The first-order valence-corrected chi connectivity index (χ1v) is 8.63. The van der Waals surface area contributed by atoms with Gasteiger partial charge in [0, 0.05) is 18.7 Å². The molecule has 6 heteroatoms. The van der Waals surface area contributed by atoms with Crippen molar-refractivity contribution < 1.29 is 4.42 Å². The van der Waals surface area contributed by atoms with Crippen LogP contribution in [0.5, 0.6) is 0 Å². The van der Waals surface area contributed by atoms with E-state index in [1.165, 1.54) is 18.6 Å². The van der Waals surface area contributed by atoms with Crippen LogP contribution in [0.4, 0.5) is 0 Å². The first-order valence-electron chi connectivity index (χ1n) is 7.24. The number of thioether (sulfide) groups is 1. The fourth-order valence-corrected chi connectivity index (χ4v) is 2.42. The van der Waals surface area contributed by atoms with Crippen LogP contribution in [0.3, 0.4) is 0 Å². The van der Waals surface area contributed by atoms with Crippen LogP contribution >= 0.6 is 35.7 Å². The van der Waals surface area contributed by atoms with Crippen molar-refractivity contribution in [3.63, 3.8) is 0 Å². The molecule has 0 unspecified atom stereocenters. The molecule has 0 amide bonds. The standard InChI is InChI=1S/C15H27N3OS.HI/c1-5-16-15(17-8-6-7-9-20-4)18-11-14-10-12(2)19-13(14)3;/h10H,5-9,11H2,1-4H3,(H2,16,17,18);1H. The minimum atomic E-state index is 0. The normalized spacial score (nSPS) is 11.1. The average molecular weight is 425 g/mol. The van der Waals surface area contributed by atoms with E-state index in [-0.39, 0.29) is 24.0 Å². The predicted molar refractivity (Wildman–Crippen MR) is 104 cm³/mol. The van der Waals surface area contributed by atoms with Crippen LogP contribution in [-0.2, 0) is 6.54 Å². The quantitative estimate of drug-likeness (QED) is 0.289. The number of nitrogens with one attached hydrogen (secondary N) is 2. The zero-order valence-electron chi connectivity index (χ0n) is 13.5. The van der Waals surface area contributed by atoms with E-state index in [2.05, 4.69) is 34.9 Å². The second-order valence-electron chi connectivity index (χ2n) is 4.76. The number of nitrogens with zero attached hydrogens (tertiary/aromatic N) is 1. The van der Waals surface area contributed by atoms with E-state index in [0.717, 1.165) is 36.1 Å². The van der Waals surface area contributed by atoms with Gasteiger partial charge in [0.05, 0.1) is 6.54 Å². The van der Waals surface area contributed by atoms with Crippen molar-refractivity contribution in [1.29, 1.82) is 0 Å². The van der Waals surface area contributed by atoms with Crippen LogP contribution in [0.1, 0.15) is 36.8 Å². The minimum Gasteiger partial charge on any atom is -0.466 e. The highest BCUT2D eigenvalue weighted by Crippen LogP contribution is 2.14. The highest BCUT2D eigenvalue weighted by Gasteiger charge is 2.04. The van der Waals surface area contributed by atoms with Gasteiger partial charge in [-0.05, 0) is 51.7 Å². The lowest BCUT2D eigenvalue weighted by molar-refractivity contribution is 0.501. The topological polar surface area (TPSA) is 49.6 Å². The SMILES string of the molecule is CCNC(=NCc1cc(C)oc1C)NCCCCSC.I. The summed E-state index contributed by atoms with van der Waals surface area (Å²) in [5.41, 5.74) is 1.15. The third kappa shape index (κ3) is 8.60. The maximum atomic E-state index is 5.52. The number of aliphatic imine (C=N–C) groups is 1. The van der Waals surface area contributed by atoms with Gasteiger partial charge in [-0.3, -0.25) is 0 Å². The van der Waals surface area contributed by atoms with E-state index < -0.39 is 0 Å². The van der Waals surface area contributed by atoms with E-state index in [0.29, 0.717) is 6.54 Å². The maximum absolute atomic E-state index is 5.52. The average Bonchev–Trinajstić information content (AvgIpc) is 2.74. The minimum absolute atomic E-state index is 0. The molecule has 0 fully saturated rings. The Balaban J connectivity index is 0.00000400. The highest BCUT2D eigenvalue weighted by atomic mass is 127. The zero-order chi connectivity index (χ0) is 14.8. The largest absolute Gasteiger partial charge is 0.466 e. The van der Waals surface area contributed by atoms with Gasteiger partial charge in [0.2, 0.25) is 0 Å². The molecule has 4 nitrogen and oxygen atoms in total. The van der Waals surface area contributed by atoms with E-state index in [1.807, 2.05) is 25.6 Å². The number of unbranched alkanes of at least 4 members (excludes halogenated alkanes) is 1. The Hall–Kier alpha value is -0.370. The van der Waals surface area contributed by atoms with Gasteiger partial charge in [-0.25, -0.2) is 4.99 Å². The number of aryl methyl sites for hydroxylation is 2. The van der Waals surface area contributed by atoms with E-state index >= 15 is 0 Å². The number of furan rings is 1. The lowest BCUT2D eigenvalue weighted by Gasteiger charge is -2.10. The fraction of sp³-hybridized carbons (Fsp3) is 0.667. The summed E-state index contributed by atoms with van der Waals surface area (Å²) in [5, 5.41) is 6.65. The van der Waals surface area contributed by atoms with Crippen LogP contribution in [0, 0.1) is 13.8 Å². The Bertz CT molecular complexity index is 421. The summed E-state index contributed by atoms with van der Waals surface area (Å²) in [6.45, 7) is 8.54. The smallest absolute Gasteiger partial charge is 0.191 e. The van der Waals surface area contributed by atoms with Gasteiger partial charge in [-0.15, -0.1) is 24.0 Å². The molecule has 0 atom stereocenters. The maximum Gasteiger partial charge on any atom is 0.191 e. The Kier molecular flexibility index (Phi) is 12.0. The second-order valence-corrected chi connectivity index (χ2v) is 5.75. The van der Waals surface area contributed by atoms with Gasteiger partial charge in [-0.1, -0.05) is 0 Å². The molecular formula is C15H28IN3OS. The van der Waals surface area contributed by atoms with Gasteiger partial charge in [0.25, 0.3) is 0 Å². The Labute approximate surface area is 150 Å². The van der Waals surface area contributed by atoms with E-state index in [9.17, 15) is 0 Å². The third-order valence-electron chi connectivity index (χ3n) is 2.96. The molecule has 1 heterocycles. The van der Waals surface area contributed by atoms with Crippen molar-refractivity contribution in [2.45, 2.75) is 40.2 Å². The van der Waals surface area contributed by atoms with Crippen LogP contribution in [0.2, 0.25) is 0 Å². The molecule has 0 spiro atoms. The van der Waals surface area contributed by atoms with Gasteiger partial charge in [-0.2, -0.15) is 11.8 Å². The summed E-state index contributed by atoms with van der Waals surface area (Å²) >= 11 is 1.90. The highest BCUT2D eigenvalue weighted by molar-refractivity contribution is 14.0. The van der Waals surface area contributed by atoms with E-state index in [4.69, 9.17) is 4.42 Å². The van der Waals surface area contributed by atoms with Gasteiger partial charge in [0.15, 0.2) is 5.96 Å². The molecule has 0 bridgehead atoms. The van der Waals surface area contributed by atoms with Crippen LogP contribution < -0.4 is 10.6 Å². The number of halogens is 1. The molecule has 1 aromatic heterocycles. The monoisotopic (exact) mass is 425 g/mol. The van der Waals surface area contributed by atoms with Crippen LogP contribution in [-0.4, -0.2) is 31.1 Å². The molecule has 0 aliphatic carbocycles. The summed E-state index contributed by atoms with van der Waals surface area (Å²) < 4.78 is 5.52. The summed E-state index contributed by atoms with van der Waals surface area (Å²) in [4.78, 5) is 4.60. The number of guanidine groups is 1. The third-order valence-corrected chi connectivity index (χ3v) is 3.66. The van der Waals surface area contributed by atoms with E-state index in [1.54, 1.807) is 0 Å². The summed E-state index contributed by atoms with van der Waals surface area (Å²) in [6.07, 6.45) is 4.57. The van der Waals surface area contributed by atoms with Crippen molar-refractivity contribution in [3.8, 4) is 0 Å². The molecule has 0 aliphatic heterocycles. The number of hydrogen-bond acceptors (Lipinski definition) is 3. The molecule has 0 saturated carbocycles. The lowest BCUT2D eigenvalue weighted by Crippen LogP contribution is -2.37. The molecule has 1 rings (SSSR count). The van der Waals surface area contributed by atoms with Crippen molar-refractivity contribution in [3.05, 3.63) is 23.2 Å². The van der Waals surface area contributed by atoms with Crippen LogP contribution in [0.15, 0.2) is 15.5 Å². The Morgan fingerprint density at radius 3 is 2.62 bits per heavy atom. The van der Waals surface area contributed by atoms with Crippen molar-refractivity contribution in [1.82, 2.24) is 10.6 Å². The predicted octanol–water partition coefficient (Wildman–Crippen LogP) is 3.71. The molecule has 2 N–H and O–H groups in total. The number of rotatable bonds is 8. The summed E-state index contributed by atoms with van der Waals surface area (Å²) in [6, 6.07) is 2.06. The fourth-order valence-electron chi connectivity index (χ4n) is 1.92. The van der Waals surface area contributed by atoms with Gasteiger partial charge in [0.1, 0.15) is 11.5 Å². The molecule has 122 valence electrons. The molecule has 0 aliphatic rings. The molecule has 0 radical (unpaired) electrons. The van der Waals surface area contributed by atoms with Crippen LogP contribution in [0.25, 0.3) is 0 Å². The first-order chi connectivity index (χ1) is 9.67.